The van der Waals surface area contributed by atoms with Crippen molar-refractivity contribution in [1.29, 1.82) is 0 Å². The third-order valence-electron chi connectivity index (χ3n) is 3.30. The van der Waals surface area contributed by atoms with Crippen LogP contribution in [0.15, 0.2) is 36.7 Å². The van der Waals surface area contributed by atoms with Crippen molar-refractivity contribution in [3.8, 4) is 0 Å². The zero-order chi connectivity index (χ0) is 14.3. The molecule has 0 unspecified atom stereocenters. The number of non-ortho nitro benzene ring substituents is 1. The van der Waals surface area contributed by atoms with Crippen LogP contribution >= 0.6 is 0 Å². The van der Waals surface area contributed by atoms with Crippen LogP contribution in [0.25, 0.3) is 0 Å². The first-order valence-electron chi connectivity index (χ1n) is 5.94. The number of aromatic nitrogens is 1. The van der Waals surface area contributed by atoms with Crippen LogP contribution < -0.4 is 5.01 Å². The van der Waals surface area contributed by atoms with E-state index in [9.17, 15) is 20.2 Å². The number of anilines is 1. The Balaban J connectivity index is 1.96. The molecule has 1 aliphatic rings. The Morgan fingerprint density at radius 2 is 1.80 bits per heavy atom. The van der Waals surface area contributed by atoms with Gasteiger partial charge in [0, 0.05) is 30.9 Å². The van der Waals surface area contributed by atoms with Crippen LogP contribution in [0.2, 0.25) is 0 Å². The molecule has 2 heterocycles. The van der Waals surface area contributed by atoms with Crippen molar-refractivity contribution >= 4 is 17.1 Å². The van der Waals surface area contributed by atoms with Gasteiger partial charge in [0.05, 0.1) is 15.5 Å². The molecule has 0 fully saturated rings. The summed E-state index contributed by atoms with van der Waals surface area (Å²) in [5.41, 5.74) is 1.78. The maximum Gasteiger partial charge on any atom is 0.289 e. The average molecular weight is 274 g/mol. The molecule has 2 aromatic rings. The summed E-state index contributed by atoms with van der Waals surface area (Å²) in [5, 5.41) is 23.3. The molecule has 102 valence electrons. The fraction of sp³-hybridized carbons (Fsp3) is 0.167. The summed E-state index contributed by atoms with van der Waals surface area (Å²) in [5.74, 6) is 0. The van der Waals surface area contributed by atoms with Crippen LogP contribution in [0.1, 0.15) is 5.56 Å². The quantitative estimate of drug-likeness (QED) is 0.631. The SMILES string of the molecule is O=[N+]([O-])c1ccc2c(c1)CCN2n1ccc([N+](=O)[O-])c1. The minimum atomic E-state index is -0.455. The largest absolute Gasteiger partial charge is 0.289 e. The van der Waals surface area contributed by atoms with E-state index in [0.29, 0.717) is 13.0 Å². The van der Waals surface area contributed by atoms with Crippen LogP contribution in [-0.4, -0.2) is 21.1 Å². The topological polar surface area (TPSA) is 94.5 Å². The second-order valence-electron chi connectivity index (χ2n) is 4.45. The monoisotopic (exact) mass is 274 g/mol. The predicted molar refractivity (Wildman–Crippen MR) is 70.6 cm³/mol. The van der Waals surface area contributed by atoms with Gasteiger partial charge in [0.15, 0.2) is 0 Å². The summed E-state index contributed by atoms with van der Waals surface area (Å²) < 4.78 is 1.63. The van der Waals surface area contributed by atoms with Crippen LogP contribution in [0, 0.1) is 20.2 Å². The molecule has 0 atom stereocenters. The number of nitro benzene ring substituents is 1. The molecule has 0 spiro atoms. The van der Waals surface area contributed by atoms with E-state index in [-0.39, 0.29) is 11.4 Å². The van der Waals surface area contributed by atoms with Gasteiger partial charge < -0.3 is 0 Å². The van der Waals surface area contributed by atoms with E-state index >= 15 is 0 Å². The van der Waals surface area contributed by atoms with Gasteiger partial charge in [-0.3, -0.25) is 29.9 Å². The van der Waals surface area contributed by atoms with Gasteiger partial charge in [0.1, 0.15) is 6.20 Å². The lowest BCUT2D eigenvalue weighted by Gasteiger charge is -2.20. The predicted octanol–water partition coefficient (Wildman–Crippen LogP) is 2.13. The number of nitrogens with zero attached hydrogens (tertiary/aromatic N) is 4. The zero-order valence-electron chi connectivity index (χ0n) is 10.3. The lowest BCUT2D eigenvalue weighted by atomic mass is 10.1. The van der Waals surface area contributed by atoms with E-state index in [1.807, 2.05) is 5.01 Å². The van der Waals surface area contributed by atoms with Crippen LogP contribution in [-0.2, 0) is 6.42 Å². The van der Waals surface area contributed by atoms with Crippen molar-refractivity contribution in [3.63, 3.8) is 0 Å². The van der Waals surface area contributed by atoms with Crippen LogP contribution in [0.3, 0.4) is 0 Å². The molecule has 8 nitrogen and oxygen atoms in total. The summed E-state index contributed by atoms with van der Waals surface area (Å²) in [4.78, 5) is 20.6. The summed E-state index contributed by atoms with van der Waals surface area (Å²) in [6, 6.07) is 6.08. The van der Waals surface area contributed by atoms with Crippen molar-refractivity contribution < 1.29 is 9.85 Å². The number of benzene rings is 1. The summed E-state index contributed by atoms with van der Waals surface area (Å²) in [6.45, 7) is 0.627. The molecular weight excluding hydrogens is 264 g/mol. The minimum Gasteiger partial charge on any atom is -0.281 e. The molecular formula is C12H10N4O4. The van der Waals surface area contributed by atoms with E-state index in [0.717, 1.165) is 11.3 Å². The molecule has 1 aliphatic heterocycles. The third-order valence-corrected chi connectivity index (χ3v) is 3.30. The third kappa shape index (κ3) is 1.87. The highest BCUT2D eigenvalue weighted by Crippen LogP contribution is 2.32. The number of hydrogen-bond acceptors (Lipinski definition) is 5. The van der Waals surface area contributed by atoms with Gasteiger partial charge in [-0.1, -0.05) is 0 Å². The van der Waals surface area contributed by atoms with Gasteiger partial charge in [-0.2, -0.15) is 0 Å². The molecule has 0 bridgehead atoms. The fourth-order valence-corrected chi connectivity index (χ4v) is 2.36. The van der Waals surface area contributed by atoms with Gasteiger partial charge in [0.2, 0.25) is 0 Å². The first kappa shape index (κ1) is 12.2. The van der Waals surface area contributed by atoms with Gasteiger partial charge in [-0.05, 0) is 18.1 Å². The summed E-state index contributed by atoms with van der Waals surface area (Å²) in [6.07, 6.45) is 3.70. The highest BCUT2D eigenvalue weighted by Gasteiger charge is 2.23. The van der Waals surface area contributed by atoms with Gasteiger partial charge in [-0.15, -0.1) is 0 Å². The Morgan fingerprint density at radius 1 is 1.05 bits per heavy atom. The molecule has 0 radical (unpaired) electrons. The van der Waals surface area contributed by atoms with Crippen LogP contribution in [0.4, 0.5) is 17.1 Å². The Morgan fingerprint density at radius 3 is 2.45 bits per heavy atom. The molecule has 0 aliphatic carbocycles. The minimum absolute atomic E-state index is 0.0142. The van der Waals surface area contributed by atoms with Crippen LogP contribution in [0.5, 0.6) is 0 Å². The van der Waals surface area contributed by atoms with Crippen molar-refractivity contribution in [3.05, 3.63) is 62.5 Å². The first-order chi connectivity index (χ1) is 9.56. The van der Waals surface area contributed by atoms with Gasteiger partial charge in [-0.25, -0.2) is 0 Å². The van der Waals surface area contributed by atoms with Crippen molar-refractivity contribution in [1.82, 2.24) is 4.68 Å². The first-order valence-corrected chi connectivity index (χ1v) is 5.94. The summed E-state index contributed by atoms with van der Waals surface area (Å²) >= 11 is 0. The Labute approximate surface area is 113 Å². The Kier molecular flexibility index (Phi) is 2.63. The molecule has 0 saturated heterocycles. The number of nitro groups is 2. The summed E-state index contributed by atoms with van der Waals surface area (Å²) in [7, 11) is 0. The molecule has 0 N–H and O–H groups in total. The van der Waals surface area contributed by atoms with Gasteiger partial charge >= 0.3 is 0 Å². The highest BCUT2D eigenvalue weighted by atomic mass is 16.6. The van der Waals surface area contributed by atoms with E-state index in [4.69, 9.17) is 0 Å². The highest BCUT2D eigenvalue weighted by molar-refractivity contribution is 5.61. The molecule has 1 aromatic carbocycles. The van der Waals surface area contributed by atoms with Gasteiger partial charge in [0.25, 0.3) is 11.4 Å². The fourth-order valence-electron chi connectivity index (χ4n) is 2.36. The number of hydrogen-bond donors (Lipinski definition) is 0. The molecule has 8 heteroatoms. The second kappa shape index (κ2) is 4.34. The Bertz CT molecular complexity index is 709. The number of fused-ring (bicyclic) bond motifs is 1. The van der Waals surface area contributed by atoms with E-state index in [1.54, 1.807) is 23.0 Å². The lowest BCUT2D eigenvalue weighted by molar-refractivity contribution is -0.385. The van der Waals surface area contributed by atoms with Crippen molar-refractivity contribution in [2.75, 3.05) is 11.6 Å². The normalized spacial score (nSPS) is 13.3. The van der Waals surface area contributed by atoms with E-state index in [2.05, 4.69) is 0 Å². The molecule has 3 rings (SSSR count). The lowest BCUT2D eigenvalue weighted by Crippen LogP contribution is -2.25. The molecule has 20 heavy (non-hydrogen) atoms. The van der Waals surface area contributed by atoms with Crippen molar-refractivity contribution in [2.45, 2.75) is 6.42 Å². The zero-order valence-corrected chi connectivity index (χ0v) is 10.3. The molecule has 0 saturated carbocycles. The average Bonchev–Trinajstić information content (AvgIpc) is 3.03. The Hall–Kier alpha value is -2.90. The smallest absolute Gasteiger partial charge is 0.281 e. The second-order valence-corrected chi connectivity index (χ2v) is 4.45. The molecule has 0 amide bonds. The number of rotatable bonds is 3. The maximum absolute atomic E-state index is 10.7. The standard InChI is InChI=1S/C12H10N4O4/c17-15(18)10-1-2-12-9(7-10)3-6-14(12)13-5-4-11(8-13)16(19)20/h1-2,4-5,7-8H,3,6H2. The maximum atomic E-state index is 10.7. The molecule has 1 aromatic heterocycles. The van der Waals surface area contributed by atoms with E-state index < -0.39 is 9.85 Å². The van der Waals surface area contributed by atoms with E-state index in [1.165, 1.54) is 18.3 Å². The van der Waals surface area contributed by atoms with Crippen molar-refractivity contribution in [2.24, 2.45) is 0 Å².